The van der Waals surface area contributed by atoms with E-state index in [0.29, 0.717) is 31.2 Å². The number of halogens is 5. The molecule has 0 aliphatic carbocycles. The van der Waals surface area contributed by atoms with Gasteiger partial charge < -0.3 is 5.32 Å². The third kappa shape index (κ3) is 2.91. The molecule has 1 aromatic heterocycles. The highest BCUT2D eigenvalue weighted by Gasteiger charge is 2.12. The fourth-order valence-electron chi connectivity index (χ4n) is 1.19. The molecule has 0 spiro atoms. The lowest BCUT2D eigenvalue weighted by atomic mass is 10.3. The van der Waals surface area contributed by atoms with E-state index in [1.807, 2.05) is 0 Å². The van der Waals surface area contributed by atoms with Crippen molar-refractivity contribution in [3.8, 4) is 0 Å². The van der Waals surface area contributed by atoms with Crippen molar-refractivity contribution in [3.05, 3.63) is 42.6 Å². The van der Waals surface area contributed by atoms with Gasteiger partial charge in [-0.3, -0.25) is 0 Å². The fourth-order valence-corrected chi connectivity index (χ4v) is 2.44. The van der Waals surface area contributed by atoms with Crippen LogP contribution >= 0.6 is 66.7 Å². The predicted molar refractivity (Wildman–Crippen MR) is 82.2 cm³/mol. The Labute approximate surface area is 135 Å². The molecule has 8 heteroatoms. The third-order valence-electron chi connectivity index (χ3n) is 2.04. The van der Waals surface area contributed by atoms with Crippen LogP contribution in [-0.4, -0.2) is 9.97 Å². The number of hydrogen-bond donors (Lipinski definition) is 1. The Morgan fingerprint density at radius 2 is 1.72 bits per heavy atom. The van der Waals surface area contributed by atoms with Crippen molar-refractivity contribution in [3.63, 3.8) is 0 Å². The average Bonchev–Trinajstić information content (AvgIpc) is 2.35. The minimum Gasteiger partial charge on any atom is -0.338 e. The SMILES string of the molecule is Clc1ncnc(Nc2ccc(Br)c(Cl)c2Cl)c1Br. The van der Waals surface area contributed by atoms with Gasteiger partial charge in [-0.1, -0.05) is 34.8 Å². The van der Waals surface area contributed by atoms with Crippen LogP contribution in [0.15, 0.2) is 27.4 Å². The number of rotatable bonds is 2. The Morgan fingerprint density at radius 3 is 2.44 bits per heavy atom. The van der Waals surface area contributed by atoms with Gasteiger partial charge in [-0.25, -0.2) is 9.97 Å². The van der Waals surface area contributed by atoms with Crippen molar-refractivity contribution < 1.29 is 0 Å². The minimum atomic E-state index is 0.312. The number of hydrogen-bond acceptors (Lipinski definition) is 3. The minimum absolute atomic E-state index is 0.312. The number of anilines is 2. The molecule has 1 N–H and O–H groups in total. The van der Waals surface area contributed by atoms with E-state index in [9.17, 15) is 0 Å². The summed E-state index contributed by atoms with van der Waals surface area (Å²) in [6, 6.07) is 3.56. The van der Waals surface area contributed by atoms with Crippen LogP contribution in [0, 0.1) is 0 Å². The van der Waals surface area contributed by atoms with Crippen LogP contribution in [0.2, 0.25) is 15.2 Å². The van der Waals surface area contributed by atoms with Crippen molar-refractivity contribution in [2.75, 3.05) is 5.32 Å². The van der Waals surface area contributed by atoms with Crippen LogP contribution in [0.5, 0.6) is 0 Å². The predicted octanol–water partition coefficient (Wildman–Crippen LogP) is 5.71. The molecule has 0 saturated carbocycles. The molecule has 0 atom stereocenters. The molecule has 0 amide bonds. The van der Waals surface area contributed by atoms with Crippen molar-refractivity contribution in [1.82, 2.24) is 9.97 Å². The van der Waals surface area contributed by atoms with Gasteiger partial charge in [0.05, 0.1) is 20.2 Å². The topological polar surface area (TPSA) is 37.8 Å². The Balaban J connectivity index is 2.41. The number of nitrogens with zero attached hydrogens (tertiary/aromatic N) is 2. The second-order valence-corrected chi connectivity index (χ2v) is 5.94. The molecule has 18 heavy (non-hydrogen) atoms. The lowest BCUT2D eigenvalue weighted by molar-refractivity contribution is 1.15. The molecule has 0 aliphatic rings. The standard InChI is InChI=1S/C10H4Br2Cl3N3/c11-4-1-2-5(8(14)7(4)13)18-10-6(12)9(15)16-3-17-10/h1-3H,(H,16,17,18). The summed E-state index contributed by atoms with van der Waals surface area (Å²) in [6.45, 7) is 0. The van der Waals surface area contributed by atoms with Gasteiger partial charge >= 0.3 is 0 Å². The zero-order valence-corrected chi connectivity index (χ0v) is 14.0. The van der Waals surface area contributed by atoms with E-state index in [4.69, 9.17) is 34.8 Å². The van der Waals surface area contributed by atoms with Crippen molar-refractivity contribution in [2.45, 2.75) is 0 Å². The Bertz CT molecular complexity index is 607. The molecule has 3 nitrogen and oxygen atoms in total. The first-order chi connectivity index (χ1) is 8.50. The molecular weight excluding hydrogens is 428 g/mol. The summed E-state index contributed by atoms with van der Waals surface area (Å²) >= 11 is 24.6. The number of benzene rings is 1. The highest BCUT2D eigenvalue weighted by molar-refractivity contribution is 9.11. The van der Waals surface area contributed by atoms with Crippen LogP contribution in [-0.2, 0) is 0 Å². The van der Waals surface area contributed by atoms with E-state index in [2.05, 4.69) is 47.1 Å². The van der Waals surface area contributed by atoms with Gasteiger partial charge in [0.1, 0.15) is 17.3 Å². The van der Waals surface area contributed by atoms with Crippen LogP contribution in [0.25, 0.3) is 0 Å². The summed E-state index contributed by atoms with van der Waals surface area (Å²) in [5.41, 5.74) is 0.625. The lowest BCUT2D eigenvalue weighted by Gasteiger charge is -2.11. The molecule has 1 aromatic carbocycles. The van der Waals surface area contributed by atoms with E-state index in [1.165, 1.54) is 6.33 Å². The van der Waals surface area contributed by atoms with Crippen molar-refractivity contribution in [2.24, 2.45) is 0 Å². The Kier molecular flexibility index (Phi) is 4.72. The zero-order chi connectivity index (χ0) is 13.3. The van der Waals surface area contributed by atoms with E-state index < -0.39 is 0 Å². The van der Waals surface area contributed by atoms with Gasteiger partial charge in [0.2, 0.25) is 0 Å². The Morgan fingerprint density at radius 1 is 1.00 bits per heavy atom. The summed E-state index contributed by atoms with van der Waals surface area (Å²) in [4.78, 5) is 7.90. The van der Waals surface area contributed by atoms with Gasteiger partial charge in [0.25, 0.3) is 0 Å². The van der Waals surface area contributed by atoms with Crippen molar-refractivity contribution >= 4 is 78.2 Å². The molecular formula is C10H4Br2Cl3N3. The van der Waals surface area contributed by atoms with Gasteiger partial charge in [0, 0.05) is 4.47 Å². The molecule has 2 rings (SSSR count). The van der Waals surface area contributed by atoms with E-state index in [1.54, 1.807) is 12.1 Å². The summed E-state index contributed by atoms with van der Waals surface area (Å²) in [7, 11) is 0. The smallest absolute Gasteiger partial charge is 0.149 e. The summed E-state index contributed by atoms with van der Waals surface area (Å²) in [6.07, 6.45) is 1.35. The third-order valence-corrected chi connectivity index (χ3v) is 5.07. The maximum absolute atomic E-state index is 6.12. The van der Waals surface area contributed by atoms with Crippen LogP contribution < -0.4 is 5.32 Å². The number of nitrogens with one attached hydrogen (secondary N) is 1. The molecule has 0 bridgehead atoms. The maximum Gasteiger partial charge on any atom is 0.149 e. The first kappa shape index (κ1) is 14.3. The maximum atomic E-state index is 6.12. The van der Waals surface area contributed by atoms with Gasteiger partial charge in [0.15, 0.2) is 0 Å². The Hall–Kier alpha value is -0.0700. The normalized spacial score (nSPS) is 10.5. The van der Waals surface area contributed by atoms with Crippen LogP contribution in [0.4, 0.5) is 11.5 Å². The van der Waals surface area contributed by atoms with Crippen LogP contribution in [0.3, 0.4) is 0 Å². The highest BCUT2D eigenvalue weighted by atomic mass is 79.9. The average molecular weight is 432 g/mol. The monoisotopic (exact) mass is 429 g/mol. The van der Waals surface area contributed by atoms with E-state index >= 15 is 0 Å². The lowest BCUT2D eigenvalue weighted by Crippen LogP contribution is -1.97. The van der Waals surface area contributed by atoms with Crippen LogP contribution in [0.1, 0.15) is 0 Å². The molecule has 0 saturated heterocycles. The molecule has 0 fully saturated rings. The summed E-state index contributed by atoms with van der Waals surface area (Å²) in [5, 5.41) is 4.17. The molecule has 0 radical (unpaired) electrons. The summed E-state index contributed by atoms with van der Waals surface area (Å²) < 4.78 is 1.28. The molecule has 0 unspecified atom stereocenters. The zero-order valence-electron chi connectivity index (χ0n) is 8.52. The second-order valence-electron chi connectivity index (χ2n) is 3.17. The van der Waals surface area contributed by atoms with Crippen molar-refractivity contribution in [1.29, 1.82) is 0 Å². The molecule has 2 aromatic rings. The first-order valence-corrected chi connectivity index (χ1v) is 7.29. The first-order valence-electron chi connectivity index (χ1n) is 4.57. The largest absolute Gasteiger partial charge is 0.338 e. The fraction of sp³-hybridized carbons (Fsp3) is 0. The van der Waals surface area contributed by atoms with Gasteiger partial charge in [-0.2, -0.15) is 0 Å². The molecule has 1 heterocycles. The highest BCUT2D eigenvalue weighted by Crippen LogP contribution is 2.38. The van der Waals surface area contributed by atoms with Gasteiger partial charge in [-0.05, 0) is 44.0 Å². The second kappa shape index (κ2) is 5.92. The molecule has 0 aliphatic heterocycles. The van der Waals surface area contributed by atoms with E-state index in [-0.39, 0.29) is 0 Å². The quantitative estimate of drug-likeness (QED) is 0.488. The van der Waals surface area contributed by atoms with E-state index in [0.717, 1.165) is 4.47 Å². The van der Waals surface area contributed by atoms with Gasteiger partial charge in [-0.15, -0.1) is 0 Å². The number of aromatic nitrogens is 2. The molecule has 94 valence electrons. The summed E-state index contributed by atoms with van der Waals surface area (Å²) in [5.74, 6) is 0.510.